The summed E-state index contributed by atoms with van der Waals surface area (Å²) in [5.41, 5.74) is 1.79. The van der Waals surface area contributed by atoms with Crippen LogP contribution in [0.1, 0.15) is 4.88 Å². The Morgan fingerprint density at radius 2 is 2.09 bits per heavy atom. The Labute approximate surface area is 133 Å². The Bertz CT molecular complexity index is 708. The topological polar surface area (TPSA) is 71.5 Å². The number of methoxy groups -OCH3 is 1. The van der Waals surface area contributed by atoms with Crippen LogP contribution in [-0.2, 0) is 16.6 Å². The lowest BCUT2D eigenvalue weighted by Gasteiger charge is -2.38. The first-order valence-corrected chi connectivity index (χ1v) is 9.16. The van der Waals surface area contributed by atoms with Crippen LogP contribution in [0.25, 0.3) is 0 Å². The van der Waals surface area contributed by atoms with Crippen molar-refractivity contribution in [3.8, 4) is 5.75 Å². The molecule has 8 heteroatoms. The van der Waals surface area contributed by atoms with Gasteiger partial charge in [-0.2, -0.15) is 4.31 Å². The Hall–Kier alpha value is -1.48. The SMILES string of the molecule is COc1ccc(S(=O)(=O)N2CC(NCc3cncs3)C2)cc1. The van der Waals surface area contributed by atoms with Gasteiger partial charge in [0.15, 0.2) is 0 Å². The average molecular weight is 339 g/mol. The number of nitrogens with one attached hydrogen (secondary N) is 1. The summed E-state index contributed by atoms with van der Waals surface area (Å²) in [4.78, 5) is 5.46. The number of hydrogen-bond donors (Lipinski definition) is 1. The molecule has 0 bridgehead atoms. The van der Waals surface area contributed by atoms with Crippen molar-refractivity contribution in [2.75, 3.05) is 20.2 Å². The van der Waals surface area contributed by atoms with Gasteiger partial charge in [-0.05, 0) is 24.3 Å². The largest absolute Gasteiger partial charge is 0.497 e. The van der Waals surface area contributed by atoms with E-state index in [1.807, 2.05) is 6.20 Å². The number of sulfonamides is 1. The normalized spacial score (nSPS) is 16.4. The van der Waals surface area contributed by atoms with E-state index in [0.717, 1.165) is 11.4 Å². The maximum absolute atomic E-state index is 12.4. The summed E-state index contributed by atoms with van der Waals surface area (Å²) in [6.07, 6.45) is 1.82. The summed E-state index contributed by atoms with van der Waals surface area (Å²) >= 11 is 1.59. The summed E-state index contributed by atoms with van der Waals surface area (Å²) in [5.74, 6) is 0.645. The molecule has 2 heterocycles. The van der Waals surface area contributed by atoms with E-state index in [9.17, 15) is 8.42 Å². The van der Waals surface area contributed by atoms with Gasteiger partial charge in [0.1, 0.15) is 5.75 Å². The zero-order valence-electron chi connectivity index (χ0n) is 12.1. The lowest BCUT2D eigenvalue weighted by atomic mass is 10.2. The van der Waals surface area contributed by atoms with Crippen LogP contribution in [0.3, 0.4) is 0 Å². The van der Waals surface area contributed by atoms with Gasteiger partial charge in [-0.15, -0.1) is 11.3 Å². The number of hydrogen-bond acceptors (Lipinski definition) is 6. The van der Waals surface area contributed by atoms with Gasteiger partial charge in [0, 0.05) is 36.8 Å². The molecule has 2 aromatic rings. The first-order chi connectivity index (χ1) is 10.6. The molecule has 3 rings (SSSR count). The molecule has 0 atom stereocenters. The minimum absolute atomic E-state index is 0.190. The predicted octanol–water partition coefficient (Wildman–Crippen LogP) is 1.31. The van der Waals surface area contributed by atoms with E-state index in [4.69, 9.17) is 4.74 Å². The van der Waals surface area contributed by atoms with Crippen LogP contribution >= 0.6 is 11.3 Å². The molecule has 22 heavy (non-hydrogen) atoms. The molecular weight excluding hydrogens is 322 g/mol. The number of nitrogens with zero attached hydrogens (tertiary/aromatic N) is 2. The molecule has 0 unspecified atom stereocenters. The molecule has 1 aromatic carbocycles. The van der Waals surface area contributed by atoms with E-state index in [0.29, 0.717) is 23.7 Å². The molecule has 1 aromatic heterocycles. The average Bonchev–Trinajstić information content (AvgIpc) is 2.99. The van der Waals surface area contributed by atoms with E-state index < -0.39 is 10.0 Å². The molecule has 1 fully saturated rings. The Kier molecular flexibility index (Phi) is 4.44. The van der Waals surface area contributed by atoms with Crippen molar-refractivity contribution in [3.63, 3.8) is 0 Å². The first-order valence-electron chi connectivity index (χ1n) is 6.84. The van der Waals surface area contributed by atoms with E-state index in [2.05, 4.69) is 10.3 Å². The lowest BCUT2D eigenvalue weighted by Crippen LogP contribution is -2.59. The molecule has 118 valence electrons. The minimum Gasteiger partial charge on any atom is -0.497 e. The number of benzene rings is 1. The Morgan fingerprint density at radius 3 is 2.68 bits per heavy atom. The van der Waals surface area contributed by atoms with Gasteiger partial charge in [-0.3, -0.25) is 4.98 Å². The van der Waals surface area contributed by atoms with Gasteiger partial charge in [-0.1, -0.05) is 0 Å². The molecule has 1 N–H and O–H groups in total. The minimum atomic E-state index is -3.40. The summed E-state index contributed by atoms with van der Waals surface area (Å²) in [6.45, 7) is 1.71. The first kappa shape index (κ1) is 15.4. The summed E-state index contributed by atoms with van der Waals surface area (Å²) in [5, 5.41) is 3.34. The maximum Gasteiger partial charge on any atom is 0.243 e. The van der Waals surface area contributed by atoms with Crippen LogP contribution in [0.4, 0.5) is 0 Å². The highest BCUT2D eigenvalue weighted by molar-refractivity contribution is 7.89. The number of ether oxygens (including phenoxy) is 1. The molecule has 0 spiro atoms. The van der Waals surface area contributed by atoms with Gasteiger partial charge in [0.2, 0.25) is 10.0 Å². The van der Waals surface area contributed by atoms with Crippen LogP contribution < -0.4 is 10.1 Å². The molecule has 0 aliphatic carbocycles. The Balaban J connectivity index is 1.56. The highest BCUT2D eigenvalue weighted by Crippen LogP contribution is 2.23. The second kappa shape index (κ2) is 6.33. The molecule has 1 aliphatic heterocycles. The van der Waals surface area contributed by atoms with Crippen molar-refractivity contribution >= 4 is 21.4 Å². The van der Waals surface area contributed by atoms with E-state index >= 15 is 0 Å². The Morgan fingerprint density at radius 1 is 1.36 bits per heavy atom. The van der Waals surface area contributed by atoms with E-state index in [1.165, 1.54) is 4.31 Å². The molecule has 1 saturated heterocycles. The van der Waals surface area contributed by atoms with Crippen molar-refractivity contribution < 1.29 is 13.2 Å². The van der Waals surface area contributed by atoms with Crippen molar-refractivity contribution in [3.05, 3.63) is 40.8 Å². The second-order valence-electron chi connectivity index (χ2n) is 5.04. The van der Waals surface area contributed by atoms with Crippen LogP contribution in [0.5, 0.6) is 5.75 Å². The fourth-order valence-corrected chi connectivity index (χ4v) is 4.31. The van der Waals surface area contributed by atoms with Crippen molar-refractivity contribution in [1.29, 1.82) is 0 Å². The third kappa shape index (κ3) is 3.14. The third-order valence-electron chi connectivity index (χ3n) is 3.59. The van der Waals surface area contributed by atoms with Crippen LogP contribution in [0, 0.1) is 0 Å². The van der Waals surface area contributed by atoms with Gasteiger partial charge < -0.3 is 10.1 Å². The van der Waals surface area contributed by atoms with Crippen molar-refractivity contribution in [1.82, 2.24) is 14.6 Å². The van der Waals surface area contributed by atoms with Crippen LogP contribution in [-0.4, -0.2) is 43.9 Å². The number of rotatable bonds is 6. The monoisotopic (exact) mass is 339 g/mol. The molecule has 6 nitrogen and oxygen atoms in total. The molecule has 0 saturated carbocycles. The van der Waals surface area contributed by atoms with Crippen molar-refractivity contribution in [2.24, 2.45) is 0 Å². The smallest absolute Gasteiger partial charge is 0.243 e. The van der Waals surface area contributed by atoms with Gasteiger partial charge in [0.25, 0.3) is 0 Å². The van der Waals surface area contributed by atoms with Crippen molar-refractivity contribution in [2.45, 2.75) is 17.5 Å². The molecular formula is C14H17N3O3S2. The summed E-state index contributed by atoms with van der Waals surface area (Å²) in [6, 6.07) is 6.66. The highest BCUT2D eigenvalue weighted by atomic mass is 32.2. The zero-order chi connectivity index (χ0) is 15.6. The van der Waals surface area contributed by atoms with E-state index in [1.54, 1.807) is 48.2 Å². The molecule has 0 radical (unpaired) electrons. The fourth-order valence-electron chi connectivity index (χ4n) is 2.23. The third-order valence-corrected chi connectivity index (χ3v) is 6.22. The van der Waals surface area contributed by atoms with Gasteiger partial charge in [-0.25, -0.2) is 8.42 Å². The second-order valence-corrected chi connectivity index (χ2v) is 7.95. The van der Waals surface area contributed by atoms with Crippen LogP contribution in [0.15, 0.2) is 40.9 Å². The van der Waals surface area contributed by atoms with Gasteiger partial charge >= 0.3 is 0 Å². The quantitative estimate of drug-likeness (QED) is 0.859. The fraction of sp³-hybridized carbons (Fsp3) is 0.357. The number of aromatic nitrogens is 1. The van der Waals surface area contributed by atoms with E-state index in [-0.39, 0.29) is 6.04 Å². The highest BCUT2D eigenvalue weighted by Gasteiger charge is 2.36. The predicted molar refractivity (Wildman–Crippen MR) is 84.5 cm³/mol. The molecule has 1 aliphatic rings. The summed E-state index contributed by atoms with van der Waals surface area (Å²) < 4.78 is 31.4. The lowest BCUT2D eigenvalue weighted by molar-refractivity contribution is 0.226. The number of thiazole rings is 1. The zero-order valence-corrected chi connectivity index (χ0v) is 13.7. The standard InChI is InChI=1S/C14H17N3O3S2/c1-20-12-2-4-14(5-3-12)22(18,19)17-8-11(9-17)16-7-13-6-15-10-21-13/h2-6,10-11,16H,7-9H2,1H3. The van der Waals surface area contributed by atoms with Gasteiger partial charge in [0.05, 0.1) is 17.5 Å². The molecule has 0 amide bonds. The maximum atomic E-state index is 12.4. The van der Waals surface area contributed by atoms with Crippen LogP contribution in [0.2, 0.25) is 0 Å². The summed E-state index contributed by atoms with van der Waals surface area (Å²) in [7, 11) is -1.85.